The van der Waals surface area contributed by atoms with E-state index in [-0.39, 0.29) is 10.0 Å². The van der Waals surface area contributed by atoms with Crippen molar-refractivity contribution < 1.29 is 4.39 Å². The maximum Gasteiger partial charge on any atom is 0.126 e. The smallest absolute Gasteiger partial charge is 0.126 e. The summed E-state index contributed by atoms with van der Waals surface area (Å²) in [7, 11) is 0. The van der Waals surface area contributed by atoms with Crippen LogP contribution in [0.3, 0.4) is 0 Å². The van der Waals surface area contributed by atoms with Gasteiger partial charge in [-0.15, -0.1) is 0 Å². The number of rotatable bonds is 0. The average molecular weight is 235 g/mol. The lowest BCUT2D eigenvalue weighted by atomic mass is 10.2. The van der Waals surface area contributed by atoms with E-state index in [1.807, 2.05) is 0 Å². The first-order valence-electron chi connectivity index (χ1n) is 3.39. The van der Waals surface area contributed by atoms with Crippen LogP contribution in [0.15, 0.2) is 12.1 Å². The molecule has 0 heterocycles. The summed E-state index contributed by atoms with van der Waals surface area (Å²) < 4.78 is 12.7. The molecule has 13 heavy (non-hydrogen) atoms. The molecule has 1 aromatic carbocycles. The standard InChI is InChI=1S/C9H5Cl2FS/c10-8-4-6(12)5-9(11)7(8)2-1-3-13/h4-5,13H,3H2. The molecule has 0 saturated carbocycles. The van der Waals surface area contributed by atoms with Crippen LogP contribution < -0.4 is 0 Å². The Bertz CT molecular complexity index is 356. The van der Waals surface area contributed by atoms with Gasteiger partial charge < -0.3 is 0 Å². The molecular formula is C9H5Cl2FS. The van der Waals surface area contributed by atoms with Crippen LogP contribution in [0.2, 0.25) is 10.0 Å². The zero-order valence-corrected chi connectivity index (χ0v) is 8.85. The van der Waals surface area contributed by atoms with Gasteiger partial charge in [-0.1, -0.05) is 35.0 Å². The fourth-order valence-corrected chi connectivity index (χ4v) is 1.42. The van der Waals surface area contributed by atoms with E-state index in [0.29, 0.717) is 11.3 Å². The molecule has 1 aromatic rings. The molecule has 0 atom stereocenters. The van der Waals surface area contributed by atoms with Gasteiger partial charge in [-0.2, -0.15) is 12.6 Å². The topological polar surface area (TPSA) is 0 Å². The number of hydrogen-bond acceptors (Lipinski definition) is 1. The molecule has 0 amide bonds. The molecule has 4 heteroatoms. The van der Waals surface area contributed by atoms with Crippen LogP contribution in [-0.4, -0.2) is 5.75 Å². The van der Waals surface area contributed by atoms with Gasteiger partial charge in [0.05, 0.1) is 21.4 Å². The molecule has 0 aromatic heterocycles. The van der Waals surface area contributed by atoms with E-state index >= 15 is 0 Å². The summed E-state index contributed by atoms with van der Waals surface area (Å²) in [5, 5.41) is 0.443. The van der Waals surface area contributed by atoms with Crippen molar-refractivity contribution in [3.8, 4) is 11.8 Å². The quantitative estimate of drug-likeness (QED) is 0.517. The molecule has 0 bridgehead atoms. The summed E-state index contributed by atoms with van der Waals surface area (Å²) >= 11 is 15.3. The third-order valence-electron chi connectivity index (χ3n) is 1.30. The highest BCUT2D eigenvalue weighted by molar-refractivity contribution is 7.80. The lowest BCUT2D eigenvalue weighted by Gasteiger charge is -1.98. The van der Waals surface area contributed by atoms with Crippen molar-refractivity contribution in [2.45, 2.75) is 0 Å². The molecule has 0 aliphatic carbocycles. The zero-order valence-electron chi connectivity index (χ0n) is 6.44. The van der Waals surface area contributed by atoms with Gasteiger partial charge in [0.25, 0.3) is 0 Å². The number of hydrogen-bond donors (Lipinski definition) is 1. The molecule has 0 fully saturated rings. The zero-order chi connectivity index (χ0) is 9.84. The van der Waals surface area contributed by atoms with Crippen LogP contribution in [0.1, 0.15) is 5.56 Å². The molecule has 0 N–H and O–H groups in total. The highest BCUT2D eigenvalue weighted by atomic mass is 35.5. The van der Waals surface area contributed by atoms with E-state index in [1.165, 1.54) is 12.1 Å². The predicted octanol–water partition coefficient (Wildman–Crippen LogP) is 3.41. The van der Waals surface area contributed by atoms with Crippen molar-refractivity contribution in [1.82, 2.24) is 0 Å². The van der Waals surface area contributed by atoms with Crippen LogP contribution in [-0.2, 0) is 0 Å². The number of benzene rings is 1. The van der Waals surface area contributed by atoms with Crippen LogP contribution in [0.4, 0.5) is 4.39 Å². The molecule has 0 saturated heterocycles. The monoisotopic (exact) mass is 234 g/mol. The summed E-state index contributed by atoms with van der Waals surface area (Å²) in [6.07, 6.45) is 0. The first-order valence-corrected chi connectivity index (χ1v) is 4.78. The van der Waals surface area contributed by atoms with Crippen molar-refractivity contribution in [2.24, 2.45) is 0 Å². The largest absolute Gasteiger partial charge is 0.207 e. The van der Waals surface area contributed by atoms with E-state index in [1.54, 1.807) is 0 Å². The normalized spacial score (nSPS) is 9.23. The van der Waals surface area contributed by atoms with Gasteiger partial charge in [0.1, 0.15) is 5.82 Å². The molecule has 0 unspecified atom stereocenters. The van der Waals surface area contributed by atoms with Crippen molar-refractivity contribution in [1.29, 1.82) is 0 Å². The molecule has 0 aliphatic rings. The first-order chi connectivity index (χ1) is 6.15. The van der Waals surface area contributed by atoms with Crippen molar-refractivity contribution >= 4 is 35.8 Å². The van der Waals surface area contributed by atoms with Crippen LogP contribution >= 0.6 is 35.8 Å². The molecule has 0 nitrogen and oxygen atoms in total. The van der Waals surface area contributed by atoms with Gasteiger partial charge in [0.2, 0.25) is 0 Å². The Kier molecular flexibility index (Phi) is 3.92. The highest BCUT2D eigenvalue weighted by Gasteiger charge is 2.05. The van der Waals surface area contributed by atoms with Gasteiger partial charge in [0, 0.05) is 0 Å². The first kappa shape index (κ1) is 10.7. The lowest BCUT2D eigenvalue weighted by Crippen LogP contribution is -1.83. The Labute approximate surface area is 91.5 Å². The van der Waals surface area contributed by atoms with E-state index in [0.717, 1.165) is 0 Å². The lowest BCUT2D eigenvalue weighted by molar-refractivity contribution is 0.628. The van der Waals surface area contributed by atoms with Gasteiger partial charge in [-0.3, -0.25) is 0 Å². The third-order valence-corrected chi connectivity index (χ3v) is 2.05. The van der Waals surface area contributed by atoms with Gasteiger partial charge in [-0.25, -0.2) is 4.39 Å². The van der Waals surface area contributed by atoms with E-state index in [2.05, 4.69) is 24.5 Å². The minimum atomic E-state index is -0.466. The van der Waals surface area contributed by atoms with Crippen LogP contribution in [0.25, 0.3) is 0 Å². The third kappa shape index (κ3) is 2.80. The minimum Gasteiger partial charge on any atom is -0.207 e. The average Bonchev–Trinajstić information content (AvgIpc) is 2.02. The molecule has 1 rings (SSSR count). The maximum atomic E-state index is 12.7. The van der Waals surface area contributed by atoms with Gasteiger partial charge in [-0.05, 0) is 12.1 Å². The second kappa shape index (κ2) is 4.76. The second-order valence-corrected chi connectivity index (χ2v) is 3.33. The summed E-state index contributed by atoms with van der Waals surface area (Å²) in [4.78, 5) is 0. The summed E-state index contributed by atoms with van der Waals surface area (Å²) in [6.45, 7) is 0. The Balaban J connectivity index is 3.21. The molecule has 0 radical (unpaired) electrons. The maximum absolute atomic E-state index is 12.7. The van der Waals surface area contributed by atoms with Gasteiger partial charge >= 0.3 is 0 Å². The van der Waals surface area contributed by atoms with E-state index in [4.69, 9.17) is 23.2 Å². The van der Waals surface area contributed by atoms with Crippen molar-refractivity contribution in [2.75, 3.05) is 5.75 Å². The fourth-order valence-electron chi connectivity index (χ4n) is 0.790. The molecule has 68 valence electrons. The summed E-state index contributed by atoms with van der Waals surface area (Å²) in [5.41, 5.74) is 0.443. The SMILES string of the molecule is Fc1cc(Cl)c(C#CCS)c(Cl)c1. The predicted molar refractivity (Wildman–Crippen MR) is 57.2 cm³/mol. The van der Waals surface area contributed by atoms with E-state index < -0.39 is 5.82 Å². The molecule has 0 spiro atoms. The summed E-state index contributed by atoms with van der Waals surface area (Å²) in [5.74, 6) is 5.33. The number of halogens is 3. The number of thiol groups is 1. The Hall–Kier alpha value is -0.360. The molecular weight excluding hydrogens is 230 g/mol. The summed E-state index contributed by atoms with van der Waals surface area (Å²) in [6, 6.07) is 2.35. The molecule has 0 aliphatic heterocycles. The minimum absolute atomic E-state index is 0.222. The van der Waals surface area contributed by atoms with Crippen molar-refractivity contribution in [3.05, 3.63) is 33.6 Å². The Morgan fingerprint density at radius 1 is 1.31 bits per heavy atom. The van der Waals surface area contributed by atoms with Gasteiger partial charge in [0.15, 0.2) is 0 Å². The fraction of sp³-hybridized carbons (Fsp3) is 0.111. The van der Waals surface area contributed by atoms with Crippen LogP contribution in [0.5, 0.6) is 0 Å². The Morgan fingerprint density at radius 2 is 1.85 bits per heavy atom. The van der Waals surface area contributed by atoms with Crippen LogP contribution in [0, 0.1) is 17.7 Å². The Morgan fingerprint density at radius 3 is 2.31 bits per heavy atom. The second-order valence-electron chi connectivity index (χ2n) is 2.20. The highest BCUT2D eigenvalue weighted by Crippen LogP contribution is 2.24. The van der Waals surface area contributed by atoms with E-state index in [9.17, 15) is 4.39 Å². The van der Waals surface area contributed by atoms with Crippen molar-refractivity contribution in [3.63, 3.8) is 0 Å².